The van der Waals surface area contributed by atoms with Gasteiger partial charge in [-0.3, -0.25) is 4.79 Å². The topological polar surface area (TPSA) is 64.3 Å². The average Bonchev–Trinajstić information content (AvgIpc) is 2.39. The Balaban J connectivity index is 2.52. The maximum Gasteiger partial charge on any atom is 0.226 e. The summed E-state index contributed by atoms with van der Waals surface area (Å²) in [5.74, 6) is 0.329. The molecular formula is C13H26N2O2. The first-order valence-corrected chi connectivity index (χ1v) is 6.54. The largest absolute Gasteiger partial charge is 0.374 e. The first-order valence-electron chi connectivity index (χ1n) is 6.54. The van der Waals surface area contributed by atoms with Crippen LogP contribution < -0.4 is 11.1 Å². The maximum atomic E-state index is 12.2. The van der Waals surface area contributed by atoms with E-state index in [-0.39, 0.29) is 42.0 Å². The lowest BCUT2D eigenvalue weighted by Gasteiger charge is -2.22. The third-order valence-corrected chi connectivity index (χ3v) is 3.66. The molecule has 1 fully saturated rings. The molecule has 0 aliphatic carbocycles. The SMILES string of the molecule is CC(N)CC(C)NC(=O)C1C(C)OC(C)C1C. The summed E-state index contributed by atoms with van der Waals surface area (Å²) < 4.78 is 5.68. The van der Waals surface area contributed by atoms with Gasteiger partial charge in [-0.15, -0.1) is 0 Å². The molecule has 0 bridgehead atoms. The van der Waals surface area contributed by atoms with Crippen LogP contribution in [-0.2, 0) is 9.53 Å². The van der Waals surface area contributed by atoms with Crippen LogP contribution in [0.25, 0.3) is 0 Å². The summed E-state index contributed by atoms with van der Waals surface area (Å²) in [7, 11) is 0. The lowest BCUT2D eigenvalue weighted by Crippen LogP contribution is -2.43. The van der Waals surface area contributed by atoms with E-state index < -0.39 is 0 Å². The minimum Gasteiger partial charge on any atom is -0.374 e. The second-order valence-electron chi connectivity index (χ2n) is 5.55. The predicted molar refractivity (Wildman–Crippen MR) is 68.5 cm³/mol. The maximum absolute atomic E-state index is 12.2. The van der Waals surface area contributed by atoms with Crippen LogP contribution in [0.2, 0.25) is 0 Å². The normalized spacial score (nSPS) is 36.6. The number of rotatable bonds is 4. The lowest BCUT2D eigenvalue weighted by atomic mass is 9.88. The quantitative estimate of drug-likeness (QED) is 0.780. The third kappa shape index (κ3) is 3.68. The highest BCUT2D eigenvalue weighted by molar-refractivity contribution is 5.80. The smallest absolute Gasteiger partial charge is 0.226 e. The van der Waals surface area contributed by atoms with Crippen LogP contribution in [-0.4, -0.2) is 30.2 Å². The molecule has 1 rings (SSSR count). The highest BCUT2D eigenvalue weighted by atomic mass is 16.5. The van der Waals surface area contributed by atoms with Gasteiger partial charge in [0.25, 0.3) is 0 Å². The zero-order valence-corrected chi connectivity index (χ0v) is 11.6. The van der Waals surface area contributed by atoms with Crippen molar-refractivity contribution in [3.05, 3.63) is 0 Å². The standard InChI is InChI=1S/C13H26N2O2/c1-7(14)6-8(2)15-13(16)12-9(3)10(4)17-11(12)5/h7-12H,6,14H2,1-5H3,(H,15,16). The van der Waals surface area contributed by atoms with E-state index in [1.165, 1.54) is 0 Å². The summed E-state index contributed by atoms with van der Waals surface area (Å²) in [6.07, 6.45) is 0.962. The van der Waals surface area contributed by atoms with Gasteiger partial charge in [0.15, 0.2) is 0 Å². The Morgan fingerprint density at radius 1 is 1.29 bits per heavy atom. The molecule has 0 saturated carbocycles. The lowest BCUT2D eigenvalue weighted by molar-refractivity contribution is -0.127. The van der Waals surface area contributed by atoms with Crippen LogP contribution >= 0.6 is 0 Å². The van der Waals surface area contributed by atoms with Gasteiger partial charge >= 0.3 is 0 Å². The summed E-state index contributed by atoms with van der Waals surface area (Å²) in [4.78, 5) is 12.2. The molecule has 1 saturated heterocycles. The van der Waals surface area contributed by atoms with Gasteiger partial charge in [0.05, 0.1) is 18.1 Å². The first kappa shape index (κ1) is 14.5. The van der Waals surface area contributed by atoms with E-state index in [9.17, 15) is 4.79 Å². The van der Waals surface area contributed by atoms with E-state index in [1.54, 1.807) is 0 Å². The van der Waals surface area contributed by atoms with Gasteiger partial charge in [0.2, 0.25) is 5.91 Å². The number of carbonyl (C=O) groups is 1. The van der Waals surface area contributed by atoms with Crippen LogP contribution in [0.5, 0.6) is 0 Å². The Bertz CT molecular complexity index is 268. The molecule has 3 N–H and O–H groups in total. The summed E-state index contributed by atoms with van der Waals surface area (Å²) in [6.45, 7) is 10.0. The molecule has 17 heavy (non-hydrogen) atoms. The predicted octanol–water partition coefficient (Wildman–Crippen LogP) is 1.29. The van der Waals surface area contributed by atoms with E-state index in [4.69, 9.17) is 10.5 Å². The molecule has 4 nitrogen and oxygen atoms in total. The monoisotopic (exact) mass is 242 g/mol. The van der Waals surface area contributed by atoms with Crippen LogP contribution in [0.3, 0.4) is 0 Å². The van der Waals surface area contributed by atoms with Crippen LogP contribution in [0, 0.1) is 11.8 Å². The number of amides is 1. The number of hydrogen-bond donors (Lipinski definition) is 2. The Morgan fingerprint density at radius 3 is 2.29 bits per heavy atom. The Kier molecular flexibility index (Phi) is 4.95. The van der Waals surface area contributed by atoms with Crippen molar-refractivity contribution in [1.29, 1.82) is 0 Å². The molecular weight excluding hydrogens is 216 g/mol. The molecule has 0 radical (unpaired) electrons. The molecule has 100 valence electrons. The van der Waals surface area contributed by atoms with Crippen molar-refractivity contribution in [1.82, 2.24) is 5.32 Å². The third-order valence-electron chi connectivity index (χ3n) is 3.66. The molecule has 6 atom stereocenters. The van der Waals surface area contributed by atoms with Gasteiger partial charge < -0.3 is 15.8 Å². The van der Waals surface area contributed by atoms with E-state index in [0.717, 1.165) is 6.42 Å². The van der Waals surface area contributed by atoms with E-state index in [1.807, 2.05) is 27.7 Å². The fourth-order valence-corrected chi connectivity index (χ4v) is 2.67. The zero-order chi connectivity index (χ0) is 13.2. The summed E-state index contributed by atoms with van der Waals surface area (Å²) in [6, 6.07) is 0.233. The zero-order valence-electron chi connectivity index (χ0n) is 11.6. The second kappa shape index (κ2) is 5.83. The molecule has 1 aliphatic heterocycles. The summed E-state index contributed by atoms with van der Waals surface area (Å²) in [5, 5.41) is 3.04. The van der Waals surface area contributed by atoms with Crippen molar-refractivity contribution in [3.8, 4) is 0 Å². The van der Waals surface area contributed by atoms with Crippen molar-refractivity contribution in [2.45, 2.75) is 65.3 Å². The van der Waals surface area contributed by atoms with E-state index >= 15 is 0 Å². The fraction of sp³-hybridized carbons (Fsp3) is 0.923. The summed E-state index contributed by atoms with van der Waals surface area (Å²) in [5.41, 5.74) is 5.72. The number of nitrogens with one attached hydrogen (secondary N) is 1. The molecule has 6 unspecified atom stereocenters. The Morgan fingerprint density at radius 2 is 1.88 bits per heavy atom. The van der Waals surface area contributed by atoms with Gasteiger partial charge in [-0.2, -0.15) is 0 Å². The number of carbonyl (C=O) groups excluding carboxylic acids is 1. The number of hydrogen-bond acceptors (Lipinski definition) is 3. The highest BCUT2D eigenvalue weighted by Crippen LogP contribution is 2.32. The molecule has 1 aliphatic rings. The molecule has 0 aromatic rings. The van der Waals surface area contributed by atoms with E-state index in [0.29, 0.717) is 0 Å². The minimum atomic E-state index is -0.0412. The van der Waals surface area contributed by atoms with Gasteiger partial charge in [-0.25, -0.2) is 0 Å². The molecule has 1 amide bonds. The number of ether oxygens (including phenoxy) is 1. The van der Waals surface area contributed by atoms with E-state index in [2.05, 4.69) is 12.2 Å². The first-order chi connectivity index (χ1) is 7.82. The number of nitrogens with two attached hydrogens (primary N) is 1. The van der Waals surface area contributed by atoms with Gasteiger partial charge in [-0.1, -0.05) is 6.92 Å². The van der Waals surface area contributed by atoms with Crippen molar-refractivity contribution in [2.24, 2.45) is 17.6 Å². The van der Waals surface area contributed by atoms with Gasteiger partial charge in [0.1, 0.15) is 0 Å². The van der Waals surface area contributed by atoms with Crippen molar-refractivity contribution < 1.29 is 9.53 Å². The average molecular weight is 242 g/mol. The van der Waals surface area contributed by atoms with Gasteiger partial charge in [-0.05, 0) is 40.0 Å². The fourth-order valence-electron chi connectivity index (χ4n) is 2.67. The molecule has 0 spiro atoms. The summed E-state index contributed by atoms with van der Waals surface area (Å²) >= 11 is 0. The second-order valence-corrected chi connectivity index (χ2v) is 5.55. The minimum absolute atomic E-state index is 0.00231. The van der Waals surface area contributed by atoms with Gasteiger partial charge in [0, 0.05) is 12.1 Å². The molecule has 0 aromatic carbocycles. The Labute approximate surface area is 104 Å². The Hall–Kier alpha value is -0.610. The van der Waals surface area contributed by atoms with Crippen molar-refractivity contribution in [3.63, 3.8) is 0 Å². The highest BCUT2D eigenvalue weighted by Gasteiger charge is 2.41. The van der Waals surface area contributed by atoms with Crippen LogP contribution in [0.15, 0.2) is 0 Å². The van der Waals surface area contributed by atoms with Crippen molar-refractivity contribution >= 4 is 5.91 Å². The molecule has 4 heteroatoms. The molecule has 0 aromatic heterocycles. The van der Waals surface area contributed by atoms with Crippen LogP contribution in [0.4, 0.5) is 0 Å². The molecule has 1 heterocycles. The van der Waals surface area contributed by atoms with Crippen LogP contribution in [0.1, 0.15) is 41.0 Å². The van der Waals surface area contributed by atoms with Crippen molar-refractivity contribution in [2.75, 3.05) is 0 Å².